The maximum absolute atomic E-state index is 6.40. The zero-order chi connectivity index (χ0) is 13.8. The Labute approximate surface area is 120 Å². The van der Waals surface area contributed by atoms with E-state index in [-0.39, 0.29) is 6.04 Å². The summed E-state index contributed by atoms with van der Waals surface area (Å²) in [6.07, 6.45) is 0. The molecule has 0 fully saturated rings. The van der Waals surface area contributed by atoms with Crippen molar-refractivity contribution in [1.82, 2.24) is 0 Å². The van der Waals surface area contributed by atoms with Crippen molar-refractivity contribution >= 4 is 11.8 Å². The first-order valence-electron chi connectivity index (χ1n) is 6.68. The number of hydrogen-bond acceptors (Lipinski definition) is 2. The van der Waals surface area contributed by atoms with Gasteiger partial charge < -0.3 is 5.73 Å². The molecule has 0 aliphatic rings. The lowest BCUT2D eigenvalue weighted by Crippen LogP contribution is -2.13. The van der Waals surface area contributed by atoms with E-state index < -0.39 is 0 Å². The molecule has 0 aliphatic carbocycles. The molecule has 2 aromatic carbocycles. The van der Waals surface area contributed by atoms with Gasteiger partial charge in [0.15, 0.2) is 0 Å². The molecule has 0 heterocycles. The molecule has 1 nitrogen and oxygen atoms in total. The Hall–Kier alpha value is -1.25. The van der Waals surface area contributed by atoms with Crippen molar-refractivity contribution < 1.29 is 0 Å². The SMILES string of the molecule is CCSc1ccc(C(N)c2cccc(C)c2C)cc1. The first kappa shape index (κ1) is 14.2. The maximum atomic E-state index is 6.40. The minimum Gasteiger partial charge on any atom is -0.320 e. The molecule has 2 rings (SSSR count). The molecule has 1 unspecified atom stereocenters. The van der Waals surface area contributed by atoms with Gasteiger partial charge in [-0.2, -0.15) is 0 Å². The molecular formula is C17H21NS. The lowest BCUT2D eigenvalue weighted by molar-refractivity contribution is 0.857. The Morgan fingerprint density at radius 1 is 1.05 bits per heavy atom. The molecule has 2 N–H and O–H groups in total. The van der Waals surface area contributed by atoms with Crippen molar-refractivity contribution in [3.8, 4) is 0 Å². The summed E-state index contributed by atoms with van der Waals surface area (Å²) in [6.45, 7) is 6.44. The molecule has 100 valence electrons. The minimum absolute atomic E-state index is 0.0411. The fourth-order valence-corrected chi connectivity index (χ4v) is 2.89. The van der Waals surface area contributed by atoms with Gasteiger partial charge in [-0.25, -0.2) is 0 Å². The van der Waals surface area contributed by atoms with Gasteiger partial charge in [0.1, 0.15) is 0 Å². The summed E-state index contributed by atoms with van der Waals surface area (Å²) in [5, 5.41) is 0. The number of benzene rings is 2. The number of rotatable bonds is 4. The van der Waals surface area contributed by atoms with Gasteiger partial charge in [-0.05, 0) is 54.0 Å². The molecule has 0 radical (unpaired) electrons. The number of nitrogens with two attached hydrogens (primary N) is 1. The summed E-state index contributed by atoms with van der Waals surface area (Å²) in [4.78, 5) is 1.31. The van der Waals surface area contributed by atoms with Crippen molar-refractivity contribution in [1.29, 1.82) is 0 Å². The Kier molecular flexibility index (Phi) is 4.67. The first-order chi connectivity index (χ1) is 9.13. The fraction of sp³-hybridized carbons (Fsp3) is 0.294. The van der Waals surface area contributed by atoms with Crippen LogP contribution in [0.15, 0.2) is 47.4 Å². The van der Waals surface area contributed by atoms with Crippen molar-refractivity contribution in [3.63, 3.8) is 0 Å². The number of aryl methyl sites for hydroxylation is 1. The third-order valence-corrected chi connectivity index (χ3v) is 4.43. The Morgan fingerprint density at radius 3 is 2.37 bits per heavy atom. The van der Waals surface area contributed by atoms with Crippen molar-refractivity contribution in [2.45, 2.75) is 31.7 Å². The highest BCUT2D eigenvalue weighted by atomic mass is 32.2. The van der Waals surface area contributed by atoms with Gasteiger partial charge in [-0.1, -0.05) is 37.3 Å². The van der Waals surface area contributed by atoms with Crippen LogP contribution in [0.2, 0.25) is 0 Å². The lowest BCUT2D eigenvalue weighted by Gasteiger charge is -2.17. The van der Waals surface area contributed by atoms with Crippen LogP contribution in [0.25, 0.3) is 0 Å². The molecule has 0 saturated carbocycles. The van der Waals surface area contributed by atoms with E-state index in [1.807, 2.05) is 11.8 Å². The first-order valence-corrected chi connectivity index (χ1v) is 7.66. The standard InChI is InChI=1S/C17H21NS/c1-4-19-15-10-8-14(9-11-15)17(18)16-7-5-6-12(2)13(16)3/h5-11,17H,4,18H2,1-3H3. The number of thioether (sulfide) groups is 1. The Morgan fingerprint density at radius 2 is 1.74 bits per heavy atom. The fourth-order valence-electron chi connectivity index (χ4n) is 2.23. The van der Waals surface area contributed by atoms with Crippen LogP contribution >= 0.6 is 11.8 Å². The molecule has 19 heavy (non-hydrogen) atoms. The largest absolute Gasteiger partial charge is 0.320 e. The van der Waals surface area contributed by atoms with E-state index in [2.05, 4.69) is 63.2 Å². The predicted molar refractivity (Wildman–Crippen MR) is 84.8 cm³/mol. The average molecular weight is 271 g/mol. The molecule has 0 bridgehead atoms. The van der Waals surface area contributed by atoms with Crippen LogP contribution in [-0.2, 0) is 0 Å². The van der Waals surface area contributed by atoms with Crippen molar-refractivity contribution in [3.05, 3.63) is 64.7 Å². The second-order valence-electron chi connectivity index (χ2n) is 4.77. The summed E-state index contributed by atoms with van der Waals surface area (Å²) in [5.41, 5.74) is 11.4. The predicted octanol–water partition coefficient (Wildman–Crippen LogP) is 4.46. The average Bonchev–Trinajstić information content (AvgIpc) is 2.42. The zero-order valence-corrected chi connectivity index (χ0v) is 12.6. The van der Waals surface area contributed by atoms with Gasteiger partial charge >= 0.3 is 0 Å². The summed E-state index contributed by atoms with van der Waals surface area (Å²) in [5.74, 6) is 1.10. The highest BCUT2D eigenvalue weighted by molar-refractivity contribution is 7.99. The number of hydrogen-bond donors (Lipinski definition) is 1. The quantitative estimate of drug-likeness (QED) is 0.831. The second-order valence-corrected chi connectivity index (χ2v) is 6.11. The molecule has 2 aromatic rings. The van der Waals surface area contributed by atoms with E-state index in [4.69, 9.17) is 5.73 Å². The highest BCUT2D eigenvalue weighted by Crippen LogP contribution is 2.26. The Bertz CT molecular complexity index is 546. The van der Waals surface area contributed by atoms with Crippen LogP contribution in [0.5, 0.6) is 0 Å². The van der Waals surface area contributed by atoms with Crippen LogP contribution in [0.1, 0.15) is 35.2 Å². The third kappa shape index (κ3) is 3.20. The molecule has 0 spiro atoms. The van der Waals surface area contributed by atoms with Crippen molar-refractivity contribution in [2.75, 3.05) is 5.75 Å². The maximum Gasteiger partial charge on any atom is 0.0554 e. The van der Waals surface area contributed by atoms with Crippen LogP contribution in [0, 0.1) is 13.8 Å². The minimum atomic E-state index is -0.0411. The van der Waals surface area contributed by atoms with Gasteiger partial charge in [0.05, 0.1) is 6.04 Å². The molecule has 1 atom stereocenters. The topological polar surface area (TPSA) is 26.0 Å². The van der Waals surface area contributed by atoms with Crippen LogP contribution in [0.3, 0.4) is 0 Å². The molecular weight excluding hydrogens is 250 g/mol. The third-order valence-electron chi connectivity index (χ3n) is 3.53. The summed E-state index contributed by atoms with van der Waals surface area (Å²) in [6, 6.07) is 14.9. The smallest absolute Gasteiger partial charge is 0.0554 e. The monoisotopic (exact) mass is 271 g/mol. The molecule has 0 amide bonds. The molecule has 0 aliphatic heterocycles. The van der Waals surface area contributed by atoms with E-state index in [0.717, 1.165) is 5.75 Å². The van der Waals surface area contributed by atoms with Crippen LogP contribution in [-0.4, -0.2) is 5.75 Å². The van der Waals surface area contributed by atoms with Crippen molar-refractivity contribution in [2.24, 2.45) is 5.73 Å². The lowest BCUT2D eigenvalue weighted by atomic mass is 9.93. The van der Waals surface area contributed by atoms with Gasteiger partial charge in [0.2, 0.25) is 0 Å². The normalized spacial score (nSPS) is 12.4. The van der Waals surface area contributed by atoms with Gasteiger partial charge in [0, 0.05) is 4.90 Å². The van der Waals surface area contributed by atoms with E-state index in [1.165, 1.54) is 27.1 Å². The van der Waals surface area contributed by atoms with Gasteiger partial charge in [-0.3, -0.25) is 0 Å². The van der Waals surface area contributed by atoms with Gasteiger partial charge in [0.25, 0.3) is 0 Å². The summed E-state index contributed by atoms with van der Waals surface area (Å²) >= 11 is 1.86. The summed E-state index contributed by atoms with van der Waals surface area (Å²) in [7, 11) is 0. The summed E-state index contributed by atoms with van der Waals surface area (Å²) < 4.78 is 0. The van der Waals surface area contributed by atoms with Crippen LogP contribution in [0.4, 0.5) is 0 Å². The molecule has 0 saturated heterocycles. The van der Waals surface area contributed by atoms with E-state index in [9.17, 15) is 0 Å². The molecule has 0 aromatic heterocycles. The van der Waals surface area contributed by atoms with Gasteiger partial charge in [-0.15, -0.1) is 11.8 Å². The second kappa shape index (κ2) is 6.27. The van der Waals surface area contributed by atoms with E-state index in [1.54, 1.807) is 0 Å². The Balaban J connectivity index is 2.28. The highest BCUT2D eigenvalue weighted by Gasteiger charge is 2.12. The zero-order valence-electron chi connectivity index (χ0n) is 11.8. The molecule has 2 heteroatoms. The van der Waals surface area contributed by atoms with E-state index >= 15 is 0 Å². The van der Waals surface area contributed by atoms with Crippen LogP contribution < -0.4 is 5.73 Å². The van der Waals surface area contributed by atoms with E-state index in [0.29, 0.717) is 0 Å².